The Bertz CT molecular complexity index is 534. The smallest absolute Gasteiger partial charge is 0.358 e. The number of hydrogen-bond acceptors (Lipinski definition) is 2. The zero-order valence-corrected chi connectivity index (χ0v) is 14.8. The Hall–Kier alpha value is -1.34. The van der Waals surface area contributed by atoms with Crippen molar-refractivity contribution in [3.05, 3.63) is 35.9 Å². The van der Waals surface area contributed by atoms with Crippen molar-refractivity contribution in [2.75, 3.05) is 14.1 Å². The molecule has 1 aliphatic carbocycles. The van der Waals surface area contributed by atoms with Crippen LogP contribution in [0.15, 0.2) is 30.3 Å². The molecule has 0 unspecified atom stereocenters. The van der Waals surface area contributed by atoms with E-state index >= 15 is 0 Å². The second-order valence-electron chi connectivity index (χ2n) is 6.43. The van der Waals surface area contributed by atoms with Crippen LogP contribution in [0.4, 0.5) is 13.2 Å². The average Bonchev–Trinajstić information content (AvgIpc) is 2.52. The third-order valence-electron chi connectivity index (χ3n) is 4.44. The molecule has 0 aromatic heterocycles. The number of nitrogens with one attached hydrogen (secondary N) is 2. The Morgan fingerprint density at radius 2 is 1.79 bits per heavy atom. The highest BCUT2D eigenvalue weighted by Crippen LogP contribution is 2.32. The van der Waals surface area contributed by atoms with Gasteiger partial charge in [-0.2, -0.15) is 13.2 Å². The first-order valence-corrected chi connectivity index (χ1v) is 8.55. The van der Waals surface area contributed by atoms with Crippen molar-refractivity contribution in [1.82, 2.24) is 15.5 Å². The first-order chi connectivity index (χ1) is 11.3. The van der Waals surface area contributed by atoms with Crippen molar-refractivity contribution >= 4 is 17.3 Å². The molecule has 1 fully saturated rings. The van der Waals surface area contributed by atoms with Gasteiger partial charge in [0, 0.05) is 12.1 Å². The number of alkyl halides is 3. The Kier molecular flexibility index (Phi) is 6.46. The molecular weight excluding hydrogens is 335 g/mol. The van der Waals surface area contributed by atoms with E-state index in [0.717, 1.165) is 25.7 Å². The third-order valence-corrected chi connectivity index (χ3v) is 4.68. The van der Waals surface area contributed by atoms with Gasteiger partial charge in [-0.05, 0) is 44.7 Å². The zero-order chi connectivity index (χ0) is 17.7. The van der Waals surface area contributed by atoms with Crippen LogP contribution >= 0.6 is 12.2 Å². The van der Waals surface area contributed by atoms with Crippen LogP contribution in [-0.2, 0) is 0 Å². The lowest BCUT2D eigenvalue weighted by Gasteiger charge is -2.37. The van der Waals surface area contributed by atoms with Gasteiger partial charge >= 0.3 is 6.18 Å². The van der Waals surface area contributed by atoms with E-state index in [1.165, 1.54) is 12.1 Å². The standard InChI is InChI=1S/C17H24F3N3S/c1-23(2)14-11-7-6-10-13(14)21-16(24)22-15(17(18,19)20)12-8-4-3-5-9-12/h3-5,8-9,13-15H,6-7,10-11H2,1-2H3,(H2,21,22,24)/t13-,14-,15+/m1/s1. The molecule has 3 nitrogen and oxygen atoms in total. The zero-order valence-electron chi connectivity index (χ0n) is 13.9. The van der Waals surface area contributed by atoms with Crippen molar-refractivity contribution in [2.24, 2.45) is 0 Å². The molecule has 134 valence electrons. The SMILES string of the molecule is CN(C)[C@@H]1CCCC[C@H]1NC(=S)N[C@@H](c1ccccc1)C(F)(F)F. The lowest BCUT2D eigenvalue weighted by molar-refractivity contribution is -0.154. The molecule has 2 N–H and O–H groups in total. The lowest BCUT2D eigenvalue weighted by atomic mass is 9.89. The molecule has 0 saturated heterocycles. The van der Waals surface area contributed by atoms with Crippen LogP contribution in [0, 0.1) is 0 Å². The maximum atomic E-state index is 13.4. The first-order valence-electron chi connectivity index (χ1n) is 8.14. The summed E-state index contributed by atoms with van der Waals surface area (Å²) in [5, 5.41) is 5.61. The van der Waals surface area contributed by atoms with Gasteiger partial charge in [-0.3, -0.25) is 0 Å². The number of rotatable bonds is 4. The summed E-state index contributed by atoms with van der Waals surface area (Å²) in [5.41, 5.74) is 0.155. The summed E-state index contributed by atoms with van der Waals surface area (Å²) >= 11 is 5.18. The highest BCUT2D eigenvalue weighted by Gasteiger charge is 2.41. The summed E-state index contributed by atoms with van der Waals surface area (Å²) in [6.45, 7) is 0. The van der Waals surface area contributed by atoms with Gasteiger partial charge in [-0.15, -0.1) is 0 Å². The summed E-state index contributed by atoms with van der Waals surface area (Å²) < 4.78 is 40.2. The van der Waals surface area contributed by atoms with Crippen LogP contribution in [0.2, 0.25) is 0 Å². The maximum Gasteiger partial charge on any atom is 0.412 e. The van der Waals surface area contributed by atoms with Crippen LogP contribution in [0.1, 0.15) is 37.3 Å². The minimum Gasteiger partial charge on any atom is -0.358 e. The predicted octanol–water partition coefficient (Wildman–Crippen LogP) is 3.63. The molecule has 2 rings (SSSR count). The Morgan fingerprint density at radius 1 is 1.17 bits per heavy atom. The van der Waals surface area contributed by atoms with Gasteiger partial charge in [0.2, 0.25) is 0 Å². The van der Waals surface area contributed by atoms with Crippen LogP contribution < -0.4 is 10.6 Å². The summed E-state index contributed by atoms with van der Waals surface area (Å²) in [4.78, 5) is 2.11. The van der Waals surface area contributed by atoms with Gasteiger partial charge in [0.15, 0.2) is 5.11 Å². The molecule has 1 saturated carbocycles. The minimum absolute atomic E-state index is 0.0555. The number of nitrogens with zero attached hydrogens (tertiary/aromatic N) is 1. The molecule has 0 spiro atoms. The molecule has 1 aromatic rings. The van der Waals surface area contributed by atoms with Gasteiger partial charge < -0.3 is 15.5 Å². The quantitative estimate of drug-likeness (QED) is 0.803. The molecule has 0 amide bonds. The van der Waals surface area contributed by atoms with Crippen LogP contribution in [0.25, 0.3) is 0 Å². The number of benzene rings is 1. The molecule has 3 atom stereocenters. The third kappa shape index (κ3) is 5.08. The van der Waals surface area contributed by atoms with Gasteiger partial charge in [0.05, 0.1) is 0 Å². The van der Waals surface area contributed by atoms with Gasteiger partial charge in [-0.1, -0.05) is 43.2 Å². The molecule has 0 bridgehead atoms. The fourth-order valence-electron chi connectivity index (χ4n) is 3.24. The van der Waals surface area contributed by atoms with Crippen LogP contribution in [0.5, 0.6) is 0 Å². The van der Waals surface area contributed by atoms with Gasteiger partial charge in [-0.25, -0.2) is 0 Å². The lowest BCUT2D eigenvalue weighted by Crippen LogP contribution is -2.54. The van der Waals surface area contributed by atoms with E-state index in [4.69, 9.17) is 12.2 Å². The number of hydrogen-bond donors (Lipinski definition) is 2. The van der Waals surface area contributed by atoms with E-state index in [1.807, 2.05) is 14.1 Å². The van der Waals surface area contributed by atoms with Crippen molar-refractivity contribution in [1.29, 1.82) is 0 Å². The van der Waals surface area contributed by atoms with E-state index in [1.54, 1.807) is 18.2 Å². The summed E-state index contributed by atoms with van der Waals surface area (Å²) in [6, 6.07) is 6.33. The summed E-state index contributed by atoms with van der Waals surface area (Å²) in [6.07, 6.45) is -0.287. The fraction of sp³-hybridized carbons (Fsp3) is 0.588. The summed E-state index contributed by atoms with van der Waals surface area (Å²) in [7, 11) is 3.98. The molecule has 1 aromatic carbocycles. The molecule has 0 heterocycles. The normalized spacial score (nSPS) is 22.9. The second-order valence-corrected chi connectivity index (χ2v) is 6.83. The van der Waals surface area contributed by atoms with Gasteiger partial charge in [0.1, 0.15) is 6.04 Å². The number of thiocarbonyl (C=S) groups is 1. The second kappa shape index (κ2) is 8.16. The fourth-order valence-corrected chi connectivity index (χ4v) is 3.51. The minimum atomic E-state index is -4.42. The monoisotopic (exact) mass is 359 g/mol. The largest absolute Gasteiger partial charge is 0.412 e. The topological polar surface area (TPSA) is 27.3 Å². The van der Waals surface area contributed by atoms with E-state index in [0.29, 0.717) is 0 Å². The first kappa shape index (κ1) is 19.0. The average molecular weight is 359 g/mol. The Morgan fingerprint density at radius 3 is 2.38 bits per heavy atom. The van der Waals surface area contributed by atoms with Crippen molar-refractivity contribution < 1.29 is 13.2 Å². The van der Waals surface area contributed by atoms with E-state index in [2.05, 4.69) is 15.5 Å². The van der Waals surface area contributed by atoms with Crippen molar-refractivity contribution in [3.63, 3.8) is 0 Å². The number of halogens is 3. The highest BCUT2D eigenvalue weighted by molar-refractivity contribution is 7.80. The van der Waals surface area contributed by atoms with E-state index in [9.17, 15) is 13.2 Å². The van der Waals surface area contributed by atoms with Crippen molar-refractivity contribution in [2.45, 2.75) is 50.0 Å². The Balaban J connectivity index is 2.05. The van der Waals surface area contributed by atoms with E-state index in [-0.39, 0.29) is 22.8 Å². The molecule has 1 aliphatic rings. The van der Waals surface area contributed by atoms with Crippen LogP contribution in [0.3, 0.4) is 0 Å². The number of likely N-dealkylation sites (N-methyl/N-ethyl adjacent to an activating group) is 1. The molecule has 7 heteroatoms. The highest BCUT2D eigenvalue weighted by atomic mass is 32.1. The van der Waals surface area contributed by atoms with Crippen LogP contribution in [-0.4, -0.2) is 42.4 Å². The molecule has 24 heavy (non-hydrogen) atoms. The Labute approximate surface area is 146 Å². The molecule has 0 radical (unpaired) electrons. The molecule has 0 aliphatic heterocycles. The predicted molar refractivity (Wildman–Crippen MR) is 93.8 cm³/mol. The molecular formula is C17H24F3N3S. The van der Waals surface area contributed by atoms with E-state index < -0.39 is 12.2 Å². The maximum absolute atomic E-state index is 13.4. The van der Waals surface area contributed by atoms with Crippen molar-refractivity contribution in [3.8, 4) is 0 Å². The van der Waals surface area contributed by atoms with Gasteiger partial charge in [0.25, 0.3) is 0 Å². The summed E-state index contributed by atoms with van der Waals surface area (Å²) in [5.74, 6) is 0.